The van der Waals surface area contributed by atoms with Crippen molar-refractivity contribution in [1.29, 1.82) is 0 Å². The average molecular weight is 1030 g/mol. The van der Waals surface area contributed by atoms with Gasteiger partial charge in [-0.05, 0) is 148 Å². The molecule has 0 unspecified atom stereocenters. The highest BCUT2D eigenvalue weighted by molar-refractivity contribution is 5.27. The summed E-state index contributed by atoms with van der Waals surface area (Å²) in [5.41, 5.74) is 7.12. The summed E-state index contributed by atoms with van der Waals surface area (Å²) in [6.45, 7) is 29.9. The fraction of sp³-hybridized carbons (Fsp3) is 0.364. The Morgan fingerprint density at radius 3 is 1.04 bits per heavy atom. The van der Waals surface area contributed by atoms with Gasteiger partial charge in [-0.3, -0.25) is 0 Å². The molecule has 8 heteroatoms. The number of rotatable bonds is 7. The number of halogens is 8. The highest BCUT2D eigenvalue weighted by Gasteiger charge is 2.11. The molecule has 0 heterocycles. The van der Waals surface area contributed by atoms with Crippen molar-refractivity contribution < 1.29 is 35.1 Å². The SMILES string of the molecule is C.C.CC(C)c1c(F)cccc1F.CC(C)c1ccc(F)cc1.CC(C)c1cccc(F)c1.CC(C)c1cccc(F)c1F.CC(C)c1ccccc1.CC(C)c1ccccc1F.Cc1cc(F)cc(C(C)C)c1. The second-order valence-electron chi connectivity index (χ2n) is 19.5. The van der Waals surface area contributed by atoms with Crippen molar-refractivity contribution >= 4 is 0 Å². The topological polar surface area (TPSA) is 0 Å². The van der Waals surface area contributed by atoms with E-state index < -0.39 is 23.3 Å². The summed E-state index contributed by atoms with van der Waals surface area (Å²) in [6, 6.07) is 44.1. The summed E-state index contributed by atoms with van der Waals surface area (Å²) >= 11 is 0. The van der Waals surface area contributed by atoms with E-state index in [2.05, 4.69) is 79.7 Å². The molecule has 7 aromatic carbocycles. The fourth-order valence-electron chi connectivity index (χ4n) is 6.62. The Hall–Kier alpha value is -6.02. The molecule has 0 aliphatic heterocycles. The van der Waals surface area contributed by atoms with Crippen LogP contribution in [0.2, 0.25) is 0 Å². The van der Waals surface area contributed by atoms with E-state index in [0.717, 1.165) is 28.3 Å². The third-order valence-electron chi connectivity index (χ3n) is 11.0. The van der Waals surface area contributed by atoms with Crippen molar-refractivity contribution in [3.8, 4) is 0 Å². The van der Waals surface area contributed by atoms with Gasteiger partial charge in [0.15, 0.2) is 11.6 Å². The van der Waals surface area contributed by atoms with Crippen molar-refractivity contribution in [2.45, 2.75) is 160 Å². The number of benzene rings is 7. The molecule has 0 aliphatic carbocycles. The van der Waals surface area contributed by atoms with E-state index in [0.29, 0.717) is 29.2 Å². The standard InChI is InChI=1S/C10H13F.2C9H10F2.3C9H11F.C9H12.2CH4/c1-7(2)9-4-8(3)5-10(11)6-9;1-6(2)9-7(10)4-3-5-8(9)11;1-6(2)7-4-3-5-8(10)9(7)11;1-7(2)8-3-5-9(10)6-4-8;1-7(2)8-4-3-5-9(10)6-8;1-7(2)8-5-3-4-6-9(8)10;1-8(2)9-6-4-3-5-7-9;;/h4-7H,1-3H3;2*3-6H,1-2H3;3*3-7H,1-2H3;3-8H,1-2H3;2*1H4. The van der Waals surface area contributed by atoms with Crippen LogP contribution in [0.5, 0.6) is 0 Å². The summed E-state index contributed by atoms with van der Waals surface area (Å²) in [6.07, 6.45) is 0. The molecule has 0 nitrogen and oxygen atoms in total. The van der Waals surface area contributed by atoms with E-state index in [1.165, 1.54) is 59.7 Å². The quantitative estimate of drug-likeness (QED) is 0.140. The van der Waals surface area contributed by atoms with Gasteiger partial charge in [-0.1, -0.05) is 209 Å². The van der Waals surface area contributed by atoms with Crippen LogP contribution in [0.1, 0.15) is 198 Å². The third kappa shape index (κ3) is 27.3. The van der Waals surface area contributed by atoms with Gasteiger partial charge in [0.05, 0.1) is 0 Å². The number of hydrogen-bond donors (Lipinski definition) is 0. The Bertz CT molecular complexity index is 2520. The lowest BCUT2D eigenvalue weighted by atomic mass is 10.0. The Morgan fingerprint density at radius 1 is 0.270 bits per heavy atom. The normalized spacial score (nSPS) is 10.2. The average Bonchev–Trinajstić information content (AvgIpc) is 3.31. The minimum absolute atomic E-state index is 0. The van der Waals surface area contributed by atoms with Gasteiger partial charge in [-0.15, -0.1) is 0 Å². The molecule has 0 spiro atoms. The second kappa shape index (κ2) is 36.8. The van der Waals surface area contributed by atoms with Gasteiger partial charge in [0.25, 0.3) is 0 Å². The lowest BCUT2D eigenvalue weighted by Gasteiger charge is -2.06. The van der Waals surface area contributed by atoms with E-state index in [1.54, 1.807) is 50.2 Å². The highest BCUT2D eigenvalue weighted by atomic mass is 19.2. The molecule has 406 valence electrons. The van der Waals surface area contributed by atoms with Gasteiger partial charge in [0.2, 0.25) is 0 Å². The molecule has 0 radical (unpaired) electrons. The Balaban J connectivity index is 0. The van der Waals surface area contributed by atoms with Crippen LogP contribution in [0, 0.1) is 53.5 Å². The molecule has 0 atom stereocenters. The number of aryl methyl sites for hydroxylation is 1. The minimum Gasteiger partial charge on any atom is -0.207 e. The smallest absolute Gasteiger partial charge is 0.162 e. The van der Waals surface area contributed by atoms with E-state index in [9.17, 15) is 35.1 Å². The Kier molecular flexibility index (Phi) is 34.9. The maximum absolute atomic E-state index is 12.9. The largest absolute Gasteiger partial charge is 0.207 e. The van der Waals surface area contributed by atoms with Gasteiger partial charge in [-0.25, -0.2) is 35.1 Å². The van der Waals surface area contributed by atoms with Gasteiger partial charge < -0.3 is 0 Å². The lowest BCUT2D eigenvalue weighted by Crippen LogP contribution is -1.96. The zero-order valence-electron chi connectivity index (χ0n) is 45.1. The van der Waals surface area contributed by atoms with Crippen molar-refractivity contribution in [1.82, 2.24) is 0 Å². The first kappa shape index (κ1) is 70.1. The summed E-state index contributed by atoms with van der Waals surface area (Å²) in [5, 5.41) is 0. The number of hydrogen-bond acceptors (Lipinski definition) is 0. The molecule has 0 N–H and O–H groups in total. The van der Waals surface area contributed by atoms with Crippen LogP contribution >= 0.6 is 0 Å². The van der Waals surface area contributed by atoms with Crippen LogP contribution in [0.25, 0.3) is 0 Å². The summed E-state index contributed by atoms with van der Waals surface area (Å²) in [5.74, 6) is -0.768. The third-order valence-corrected chi connectivity index (χ3v) is 11.0. The first-order valence-electron chi connectivity index (χ1n) is 24.7. The summed E-state index contributed by atoms with van der Waals surface area (Å²) < 4.78 is 102. The molecule has 7 rings (SSSR count). The second-order valence-corrected chi connectivity index (χ2v) is 19.5. The van der Waals surface area contributed by atoms with Gasteiger partial charge in [-0.2, -0.15) is 0 Å². The highest BCUT2D eigenvalue weighted by Crippen LogP contribution is 2.23. The van der Waals surface area contributed by atoms with Gasteiger partial charge in [0, 0.05) is 5.56 Å². The van der Waals surface area contributed by atoms with E-state index in [-0.39, 0.29) is 61.4 Å². The molecule has 7 aromatic rings. The van der Waals surface area contributed by atoms with Crippen molar-refractivity contribution in [3.63, 3.8) is 0 Å². The first-order valence-corrected chi connectivity index (χ1v) is 24.7. The Labute approximate surface area is 442 Å². The van der Waals surface area contributed by atoms with Crippen molar-refractivity contribution in [2.75, 3.05) is 0 Å². The van der Waals surface area contributed by atoms with Crippen molar-refractivity contribution in [3.05, 3.63) is 249 Å². The van der Waals surface area contributed by atoms with E-state index >= 15 is 0 Å². The Morgan fingerprint density at radius 2 is 0.662 bits per heavy atom. The van der Waals surface area contributed by atoms with Crippen LogP contribution in [0.3, 0.4) is 0 Å². The van der Waals surface area contributed by atoms with E-state index in [1.807, 2.05) is 77.1 Å². The summed E-state index contributed by atoms with van der Waals surface area (Å²) in [7, 11) is 0. The molecule has 74 heavy (non-hydrogen) atoms. The van der Waals surface area contributed by atoms with Gasteiger partial charge >= 0.3 is 0 Å². The van der Waals surface area contributed by atoms with Crippen LogP contribution in [0.15, 0.2) is 158 Å². The monoisotopic (exact) mass is 1030 g/mol. The zero-order valence-corrected chi connectivity index (χ0v) is 45.1. The lowest BCUT2D eigenvalue weighted by molar-refractivity contribution is 0.494. The molecule has 0 aliphatic rings. The summed E-state index contributed by atoms with van der Waals surface area (Å²) in [4.78, 5) is 0. The molecule has 0 saturated heterocycles. The zero-order chi connectivity index (χ0) is 54.7. The molecule has 0 aromatic heterocycles. The molecule has 0 saturated carbocycles. The van der Waals surface area contributed by atoms with Crippen LogP contribution in [-0.2, 0) is 0 Å². The predicted octanol–water partition coefficient (Wildman–Crippen LogP) is 22.4. The molecule has 0 amide bonds. The predicted molar refractivity (Wildman–Crippen MR) is 302 cm³/mol. The molecular weight excluding hydrogens is 945 g/mol. The van der Waals surface area contributed by atoms with Crippen molar-refractivity contribution in [2.24, 2.45) is 0 Å². The van der Waals surface area contributed by atoms with Crippen LogP contribution in [0.4, 0.5) is 35.1 Å². The molecule has 0 bridgehead atoms. The fourth-order valence-corrected chi connectivity index (χ4v) is 6.62. The molecular formula is C66H86F8. The maximum Gasteiger partial charge on any atom is 0.162 e. The maximum atomic E-state index is 12.9. The molecule has 0 fully saturated rings. The van der Waals surface area contributed by atoms with Crippen LogP contribution < -0.4 is 0 Å². The van der Waals surface area contributed by atoms with Crippen LogP contribution in [-0.4, -0.2) is 0 Å². The first-order chi connectivity index (χ1) is 33.8. The van der Waals surface area contributed by atoms with Gasteiger partial charge in [0.1, 0.15) is 34.9 Å². The minimum atomic E-state index is -0.767. The van der Waals surface area contributed by atoms with E-state index in [4.69, 9.17) is 0 Å².